The average molecular weight is 226 g/mol. The van der Waals surface area contributed by atoms with Gasteiger partial charge in [-0.2, -0.15) is 0 Å². The first-order valence-corrected chi connectivity index (χ1v) is 5.92. The summed E-state index contributed by atoms with van der Waals surface area (Å²) in [4.78, 5) is 18.4. The van der Waals surface area contributed by atoms with E-state index in [2.05, 4.69) is 10.1 Å². The van der Waals surface area contributed by atoms with E-state index < -0.39 is 12.0 Å². The lowest BCUT2D eigenvalue weighted by Crippen LogP contribution is -2.45. The van der Waals surface area contributed by atoms with Gasteiger partial charge in [-0.3, -0.25) is 9.69 Å². The Bertz CT molecular complexity index is 266. The van der Waals surface area contributed by atoms with Gasteiger partial charge < -0.3 is 9.94 Å². The summed E-state index contributed by atoms with van der Waals surface area (Å²) >= 11 is 0. The van der Waals surface area contributed by atoms with Crippen LogP contribution in [0, 0.1) is 0 Å². The number of hydrogen-bond acceptors (Lipinski definition) is 4. The molecule has 2 aliphatic heterocycles. The minimum atomic E-state index is -0.739. The summed E-state index contributed by atoms with van der Waals surface area (Å²) in [5.41, 5.74) is 0. The predicted molar refractivity (Wildman–Crippen MR) is 59.4 cm³/mol. The first-order valence-electron chi connectivity index (χ1n) is 5.92. The Balaban J connectivity index is 1.90. The number of nitrogens with zero attached hydrogens (tertiary/aromatic N) is 2. The molecule has 5 heteroatoms. The Hall–Kier alpha value is -1.10. The van der Waals surface area contributed by atoms with Crippen LogP contribution in [0.3, 0.4) is 0 Å². The van der Waals surface area contributed by atoms with Crippen LogP contribution in [0.2, 0.25) is 0 Å². The monoisotopic (exact) mass is 226 g/mol. The van der Waals surface area contributed by atoms with Gasteiger partial charge in [0, 0.05) is 19.1 Å². The number of aliphatic carboxylic acids is 1. The van der Waals surface area contributed by atoms with Crippen LogP contribution < -0.4 is 0 Å². The van der Waals surface area contributed by atoms with Crippen molar-refractivity contribution >= 4 is 12.2 Å². The first-order chi connectivity index (χ1) is 7.77. The van der Waals surface area contributed by atoms with Crippen molar-refractivity contribution in [2.45, 2.75) is 44.2 Å². The molecular formula is C11H18N2O3. The van der Waals surface area contributed by atoms with Crippen LogP contribution in [0.25, 0.3) is 0 Å². The molecule has 0 amide bonds. The smallest absolute Gasteiger partial charge is 0.321 e. The third kappa shape index (κ3) is 2.72. The second-order valence-corrected chi connectivity index (χ2v) is 4.44. The van der Waals surface area contributed by atoms with Crippen molar-refractivity contribution in [3.8, 4) is 0 Å². The third-order valence-electron chi connectivity index (χ3n) is 3.26. The second-order valence-electron chi connectivity index (χ2n) is 4.44. The van der Waals surface area contributed by atoms with Gasteiger partial charge >= 0.3 is 5.97 Å². The van der Waals surface area contributed by atoms with Crippen molar-refractivity contribution < 1.29 is 14.7 Å². The Morgan fingerprint density at radius 2 is 2.25 bits per heavy atom. The van der Waals surface area contributed by atoms with Crippen molar-refractivity contribution in [1.82, 2.24) is 4.90 Å². The molecule has 2 atom stereocenters. The van der Waals surface area contributed by atoms with Crippen molar-refractivity contribution in [3.63, 3.8) is 0 Å². The highest BCUT2D eigenvalue weighted by molar-refractivity contribution is 5.73. The van der Waals surface area contributed by atoms with Crippen LogP contribution in [0.4, 0.5) is 0 Å². The quantitative estimate of drug-likeness (QED) is 0.779. The van der Waals surface area contributed by atoms with E-state index in [0.29, 0.717) is 6.42 Å². The summed E-state index contributed by atoms with van der Waals surface area (Å²) in [5, 5.41) is 12.9. The van der Waals surface area contributed by atoms with Gasteiger partial charge in [0.1, 0.15) is 12.1 Å². The minimum Gasteiger partial charge on any atom is -0.480 e. The van der Waals surface area contributed by atoms with Crippen molar-refractivity contribution in [1.29, 1.82) is 0 Å². The molecule has 0 saturated carbocycles. The molecule has 0 spiro atoms. The molecular weight excluding hydrogens is 208 g/mol. The van der Waals surface area contributed by atoms with Crippen LogP contribution in [0.1, 0.15) is 32.1 Å². The molecule has 0 aromatic carbocycles. The van der Waals surface area contributed by atoms with Crippen LogP contribution in [0.15, 0.2) is 5.16 Å². The largest absolute Gasteiger partial charge is 0.480 e. The van der Waals surface area contributed by atoms with Crippen LogP contribution >= 0.6 is 0 Å². The zero-order chi connectivity index (χ0) is 11.4. The molecule has 16 heavy (non-hydrogen) atoms. The second kappa shape index (κ2) is 5.30. The molecule has 90 valence electrons. The standard InChI is InChI=1S/C11H18N2O3/c14-11(15)10(8-9-4-5-12-16-9)13-6-2-1-3-7-13/h5,9-10H,1-4,6-8H2,(H,14,15). The first kappa shape index (κ1) is 11.4. The molecule has 0 aromatic heterocycles. The van der Waals surface area contributed by atoms with E-state index in [1.165, 1.54) is 6.42 Å². The highest BCUT2D eigenvalue weighted by atomic mass is 16.6. The van der Waals surface area contributed by atoms with Gasteiger partial charge in [0.15, 0.2) is 0 Å². The highest BCUT2D eigenvalue weighted by Crippen LogP contribution is 2.19. The van der Waals surface area contributed by atoms with Crippen LogP contribution in [0.5, 0.6) is 0 Å². The molecule has 2 rings (SSSR count). The van der Waals surface area contributed by atoms with Gasteiger partial charge in [0.2, 0.25) is 0 Å². The van der Waals surface area contributed by atoms with E-state index in [4.69, 9.17) is 4.84 Å². The molecule has 0 bridgehead atoms. The summed E-state index contributed by atoms with van der Waals surface area (Å²) in [5.74, 6) is -0.739. The van der Waals surface area contributed by atoms with Gasteiger partial charge in [0.25, 0.3) is 0 Å². The van der Waals surface area contributed by atoms with E-state index in [1.54, 1.807) is 6.21 Å². The van der Waals surface area contributed by atoms with Crippen molar-refractivity contribution in [3.05, 3.63) is 0 Å². The topological polar surface area (TPSA) is 62.1 Å². The van der Waals surface area contributed by atoms with E-state index >= 15 is 0 Å². The number of carbonyl (C=O) groups is 1. The van der Waals surface area contributed by atoms with Gasteiger partial charge in [-0.15, -0.1) is 0 Å². The number of hydrogen-bond donors (Lipinski definition) is 1. The van der Waals surface area contributed by atoms with Gasteiger partial charge in [-0.05, 0) is 25.9 Å². The number of oxime groups is 1. The van der Waals surface area contributed by atoms with Gasteiger partial charge in [0.05, 0.1) is 0 Å². The Morgan fingerprint density at radius 1 is 1.50 bits per heavy atom. The lowest BCUT2D eigenvalue weighted by Gasteiger charge is -2.32. The molecule has 1 fully saturated rings. The van der Waals surface area contributed by atoms with Crippen LogP contribution in [-0.2, 0) is 9.63 Å². The van der Waals surface area contributed by atoms with E-state index in [0.717, 1.165) is 32.4 Å². The average Bonchev–Trinajstić information content (AvgIpc) is 2.79. The predicted octanol–water partition coefficient (Wildman–Crippen LogP) is 1.09. The molecule has 1 saturated heterocycles. The maximum atomic E-state index is 11.2. The molecule has 5 nitrogen and oxygen atoms in total. The normalized spacial score (nSPS) is 27.6. The zero-order valence-electron chi connectivity index (χ0n) is 9.34. The SMILES string of the molecule is O=C(O)C(CC1CC=NO1)N1CCCCC1. The molecule has 2 unspecified atom stereocenters. The molecule has 0 aromatic rings. The molecule has 0 radical (unpaired) electrons. The third-order valence-corrected chi connectivity index (χ3v) is 3.26. The number of carboxylic acid groups (broad SMARTS) is 1. The lowest BCUT2D eigenvalue weighted by molar-refractivity contribution is -0.145. The summed E-state index contributed by atoms with van der Waals surface area (Å²) in [6.07, 6.45) is 6.35. The molecule has 2 heterocycles. The summed E-state index contributed by atoms with van der Waals surface area (Å²) in [6.45, 7) is 1.79. The van der Waals surface area contributed by atoms with E-state index in [9.17, 15) is 9.90 Å². The number of piperidine rings is 1. The lowest BCUT2D eigenvalue weighted by atomic mass is 10.0. The van der Waals surface area contributed by atoms with Gasteiger partial charge in [-0.25, -0.2) is 0 Å². The van der Waals surface area contributed by atoms with Gasteiger partial charge in [-0.1, -0.05) is 11.6 Å². The summed E-state index contributed by atoms with van der Waals surface area (Å²) in [6, 6.07) is -0.410. The Labute approximate surface area is 95.1 Å². The number of carboxylic acids is 1. The van der Waals surface area contributed by atoms with E-state index in [1.807, 2.05) is 0 Å². The molecule has 1 N–H and O–H groups in total. The fourth-order valence-corrected chi connectivity index (χ4v) is 2.36. The molecule has 2 aliphatic rings. The summed E-state index contributed by atoms with van der Waals surface area (Å²) in [7, 11) is 0. The molecule has 0 aliphatic carbocycles. The highest BCUT2D eigenvalue weighted by Gasteiger charge is 2.31. The fourth-order valence-electron chi connectivity index (χ4n) is 2.36. The fraction of sp³-hybridized carbons (Fsp3) is 0.818. The van der Waals surface area contributed by atoms with Crippen molar-refractivity contribution in [2.75, 3.05) is 13.1 Å². The maximum absolute atomic E-state index is 11.2. The Morgan fingerprint density at radius 3 is 2.81 bits per heavy atom. The zero-order valence-corrected chi connectivity index (χ0v) is 9.34. The Kier molecular flexibility index (Phi) is 3.77. The minimum absolute atomic E-state index is 0.0528. The summed E-state index contributed by atoms with van der Waals surface area (Å²) < 4.78 is 0. The maximum Gasteiger partial charge on any atom is 0.321 e. The van der Waals surface area contributed by atoms with Crippen LogP contribution in [-0.4, -0.2) is 47.4 Å². The van der Waals surface area contributed by atoms with E-state index in [-0.39, 0.29) is 6.10 Å². The van der Waals surface area contributed by atoms with Crippen molar-refractivity contribution in [2.24, 2.45) is 5.16 Å². The number of rotatable bonds is 4. The number of likely N-dealkylation sites (tertiary alicyclic amines) is 1.